The van der Waals surface area contributed by atoms with E-state index in [1.165, 1.54) is 0 Å². The standard InChI is InChI=1S/C39H37N3O4/c43-25-10-26-45-35-23-21-34(22-24-35)37-41-39(27-29-11-4-1-5-12-29,38(44)42-40-28-30-13-6-2-7-14-30)36(46-37)33-19-17-32(18-20-33)31-15-8-3-9-16-31/h1-9,11-24,36,40,43H,10,25-28H2,(H,42,44)/t36-,39-/m0/s1. The van der Waals surface area contributed by atoms with E-state index in [9.17, 15) is 4.79 Å². The van der Waals surface area contributed by atoms with Crippen LogP contribution in [0.3, 0.4) is 0 Å². The van der Waals surface area contributed by atoms with Crippen molar-refractivity contribution < 1.29 is 19.4 Å². The van der Waals surface area contributed by atoms with Gasteiger partial charge < -0.3 is 14.6 Å². The van der Waals surface area contributed by atoms with Crippen molar-refractivity contribution in [2.45, 2.75) is 31.0 Å². The molecule has 0 saturated heterocycles. The zero-order valence-electron chi connectivity index (χ0n) is 25.5. The molecular formula is C39H37N3O4. The number of nitrogens with one attached hydrogen (secondary N) is 2. The first-order valence-electron chi connectivity index (χ1n) is 15.5. The topological polar surface area (TPSA) is 92.2 Å². The van der Waals surface area contributed by atoms with E-state index in [2.05, 4.69) is 35.1 Å². The Morgan fingerprint density at radius 3 is 1.98 bits per heavy atom. The molecule has 232 valence electrons. The van der Waals surface area contributed by atoms with Crippen LogP contribution in [-0.2, 0) is 22.5 Å². The molecule has 7 heteroatoms. The molecule has 46 heavy (non-hydrogen) atoms. The number of aliphatic hydroxyl groups is 1. The number of aliphatic imine (C=N–C) groups is 1. The first kappa shape index (κ1) is 30.8. The van der Waals surface area contributed by atoms with Gasteiger partial charge in [-0.3, -0.25) is 10.2 Å². The smallest absolute Gasteiger partial charge is 0.266 e. The summed E-state index contributed by atoms with van der Waals surface area (Å²) in [5.41, 5.74) is 10.5. The Morgan fingerprint density at radius 2 is 1.33 bits per heavy atom. The molecule has 0 saturated carbocycles. The van der Waals surface area contributed by atoms with E-state index < -0.39 is 11.6 Å². The molecule has 2 atom stereocenters. The largest absolute Gasteiger partial charge is 0.494 e. The van der Waals surface area contributed by atoms with Crippen molar-refractivity contribution in [1.29, 1.82) is 0 Å². The minimum Gasteiger partial charge on any atom is -0.494 e. The van der Waals surface area contributed by atoms with Crippen LogP contribution >= 0.6 is 0 Å². The average molecular weight is 612 g/mol. The third-order valence-corrected chi connectivity index (χ3v) is 8.00. The van der Waals surface area contributed by atoms with Gasteiger partial charge >= 0.3 is 0 Å². The van der Waals surface area contributed by atoms with Crippen LogP contribution in [0.15, 0.2) is 145 Å². The van der Waals surface area contributed by atoms with E-state index in [-0.39, 0.29) is 12.5 Å². The molecule has 1 aliphatic rings. The highest BCUT2D eigenvalue weighted by Gasteiger charge is 2.53. The maximum absolute atomic E-state index is 14.4. The Balaban J connectivity index is 1.36. The van der Waals surface area contributed by atoms with Gasteiger partial charge in [-0.2, -0.15) is 0 Å². The second-order valence-corrected chi connectivity index (χ2v) is 11.2. The fourth-order valence-corrected chi connectivity index (χ4v) is 5.60. The highest BCUT2D eigenvalue weighted by atomic mass is 16.5. The fourth-order valence-electron chi connectivity index (χ4n) is 5.60. The van der Waals surface area contributed by atoms with Gasteiger partial charge in [0.1, 0.15) is 5.75 Å². The fraction of sp³-hybridized carbons (Fsp3) is 0.179. The maximum Gasteiger partial charge on any atom is 0.266 e. The predicted octanol–water partition coefficient (Wildman–Crippen LogP) is 6.44. The summed E-state index contributed by atoms with van der Waals surface area (Å²) >= 11 is 0. The van der Waals surface area contributed by atoms with Gasteiger partial charge in [-0.05, 0) is 52.1 Å². The summed E-state index contributed by atoms with van der Waals surface area (Å²) in [6.07, 6.45) is 0.174. The Kier molecular flexibility index (Phi) is 9.83. The normalized spacial score (nSPS) is 17.2. The molecule has 0 bridgehead atoms. The summed E-state index contributed by atoms with van der Waals surface area (Å²) in [5.74, 6) is 0.777. The van der Waals surface area contributed by atoms with Gasteiger partial charge in [-0.1, -0.05) is 115 Å². The number of nitrogens with zero attached hydrogens (tertiary/aromatic N) is 1. The number of hydrogen-bond acceptors (Lipinski definition) is 6. The number of carbonyl (C=O) groups excluding carboxylic acids is 1. The molecule has 1 aliphatic heterocycles. The van der Waals surface area contributed by atoms with E-state index in [4.69, 9.17) is 19.6 Å². The molecule has 1 amide bonds. The molecule has 1 heterocycles. The van der Waals surface area contributed by atoms with Gasteiger partial charge in [0.2, 0.25) is 5.90 Å². The molecule has 6 rings (SSSR count). The van der Waals surface area contributed by atoms with Crippen molar-refractivity contribution in [1.82, 2.24) is 10.9 Å². The molecule has 0 aliphatic carbocycles. The number of carbonyl (C=O) groups is 1. The Morgan fingerprint density at radius 1 is 0.739 bits per heavy atom. The van der Waals surface area contributed by atoms with Gasteiger partial charge in [0.15, 0.2) is 11.6 Å². The molecule has 0 fully saturated rings. The number of hydrazine groups is 1. The van der Waals surface area contributed by atoms with Crippen LogP contribution in [0.1, 0.15) is 34.8 Å². The highest BCUT2D eigenvalue weighted by molar-refractivity contribution is 6.01. The first-order valence-corrected chi connectivity index (χ1v) is 15.5. The summed E-state index contributed by atoms with van der Waals surface area (Å²) < 4.78 is 12.4. The lowest BCUT2D eigenvalue weighted by atomic mass is 9.82. The van der Waals surface area contributed by atoms with Gasteiger partial charge in [0, 0.05) is 31.6 Å². The van der Waals surface area contributed by atoms with Crippen molar-refractivity contribution in [2.75, 3.05) is 13.2 Å². The van der Waals surface area contributed by atoms with E-state index in [0.29, 0.717) is 37.6 Å². The van der Waals surface area contributed by atoms with Gasteiger partial charge in [-0.25, -0.2) is 10.4 Å². The number of amides is 1. The summed E-state index contributed by atoms with van der Waals surface area (Å²) in [7, 11) is 0. The molecule has 0 aromatic heterocycles. The second kappa shape index (κ2) is 14.7. The minimum atomic E-state index is -1.31. The van der Waals surface area contributed by atoms with E-state index in [1.54, 1.807) is 0 Å². The Labute approximate surface area is 269 Å². The van der Waals surface area contributed by atoms with Crippen LogP contribution in [0.2, 0.25) is 0 Å². The molecule has 0 unspecified atom stereocenters. The Hall–Kier alpha value is -5.24. The van der Waals surface area contributed by atoms with E-state index in [0.717, 1.165) is 33.4 Å². The number of rotatable bonds is 13. The molecule has 5 aromatic rings. The zero-order valence-corrected chi connectivity index (χ0v) is 25.5. The molecule has 0 spiro atoms. The zero-order chi connectivity index (χ0) is 31.6. The molecule has 5 aromatic carbocycles. The highest BCUT2D eigenvalue weighted by Crippen LogP contribution is 2.43. The van der Waals surface area contributed by atoms with E-state index >= 15 is 0 Å². The molecule has 3 N–H and O–H groups in total. The summed E-state index contributed by atoms with van der Waals surface area (Å²) in [4.78, 5) is 19.5. The third kappa shape index (κ3) is 7.18. The van der Waals surface area contributed by atoms with Crippen LogP contribution in [0.5, 0.6) is 5.75 Å². The molecule has 7 nitrogen and oxygen atoms in total. The Bertz CT molecular complexity index is 1730. The lowest BCUT2D eigenvalue weighted by Crippen LogP contribution is -2.53. The number of benzene rings is 5. The first-order chi connectivity index (χ1) is 22.6. The van der Waals surface area contributed by atoms with Crippen molar-refractivity contribution in [3.63, 3.8) is 0 Å². The maximum atomic E-state index is 14.4. The second-order valence-electron chi connectivity index (χ2n) is 11.2. The SMILES string of the molecule is O=C(NNCc1ccccc1)[C@@]1(Cc2ccccc2)N=C(c2ccc(OCCCO)cc2)O[C@H]1c1ccc(-c2ccccc2)cc1. The van der Waals surface area contributed by atoms with Gasteiger partial charge in [0.25, 0.3) is 5.91 Å². The lowest BCUT2D eigenvalue weighted by Gasteiger charge is -2.31. The quantitative estimate of drug-likeness (QED) is 0.105. The number of aliphatic hydroxyl groups excluding tert-OH is 1. The van der Waals surface area contributed by atoms with Crippen LogP contribution < -0.4 is 15.6 Å². The van der Waals surface area contributed by atoms with Crippen molar-refractivity contribution in [3.8, 4) is 16.9 Å². The van der Waals surface area contributed by atoms with Gasteiger partial charge in [0.05, 0.1) is 6.61 Å². The number of hydrogen-bond donors (Lipinski definition) is 3. The van der Waals surface area contributed by atoms with Crippen molar-refractivity contribution in [2.24, 2.45) is 4.99 Å². The van der Waals surface area contributed by atoms with Crippen LogP contribution in [0.25, 0.3) is 11.1 Å². The summed E-state index contributed by atoms with van der Waals surface area (Å²) in [6, 6.07) is 45.6. The predicted molar refractivity (Wildman–Crippen MR) is 180 cm³/mol. The monoisotopic (exact) mass is 611 g/mol. The van der Waals surface area contributed by atoms with Crippen LogP contribution in [0.4, 0.5) is 0 Å². The average Bonchev–Trinajstić information content (AvgIpc) is 3.50. The van der Waals surface area contributed by atoms with E-state index in [1.807, 2.05) is 115 Å². The summed E-state index contributed by atoms with van der Waals surface area (Å²) in [5, 5.41) is 9.09. The minimum absolute atomic E-state index is 0.0716. The van der Waals surface area contributed by atoms with Crippen LogP contribution in [0, 0.1) is 0 Å². The molecular weight excluding hydrogens is 574 g/mol. The molecule has 0 radical (unpaired) electrons. The van der Waals surface area contributed by atoms with Crippen molar-refractivity contribution >= 4 is 11.8 Å². The lowest BCUT2D eigenvalue weighted by molar-refractivity contribution is -0.130. The van der Waals surface area contributed by atoms with Gasteiger partial charge in [-0.15, -0.1) is 0 Å². The summed E-state index contributed by atoms with van der Waals surface area (Å²) in [6.45, 7) is 0.951. The third-order valence-electron chi connectivity index (χ3n) is 8.00. The number of ether oxygens (including phenoxy) is 2. The van der Waals surface area contributed by atoms with Crippen LogP contribution in [-0.4, -0.2) is 35.7 Å². The van der Waals surface area contributed by atoms with Crippen molar-refractivity contribution in [3.05, 3.63) is 162 Å².